The van der Waals surface area contributed by atoms with Crippen LogP contribution in [0.4, 0.5) is 24.5 Å². The number of rotatable bonds is 3. The normalized spacial score (nSPS) is 15.5. The number of aryl methyl sites for hydroxylation is 1. The quantitative estimate of drug-likeness (QED) is 0.458. The van der Waals surface area contributed by atoms with Crippen LogP contribution in [-0.4, -0.2) is 21.2 Å². The van der Waals surface area contributed by atoms with Gasteiger partial charge in [0.1, 0.15) is 0 Å². The molecule has 2 heterocycles. The third-order valence-electron chi connectivity index (χ3n) is 4.69. The topological polar surface area (TPSA) is 49.9 Å². The average Bonchev–Trinajstić information content (AvgIpc) is 2.85. The molecule has 0 saturated carbocycles. The number of benzene rings is 2. The van der Waals surface area contributed by atoms with Crippen molar-refractivity contribution in [3.05, 3.63) is 52.5 Å². The standard InChI is InChI=1S/C19H15ClF3N3OS/c1-10-2-4-12(20)7-15(10)24-25-17-14-6-11(19(21,22)23)3-5-16(14)26(18(17)27)13-8-28-9-13/h2-7,13,27H,8-9H2,1H3. The summed E-state index contributed by atoms with van der Waals surface area (Å²) in [6.07, 6.45) is -4.49. The van der Waals surface area contributed by atoms with Gasteiger partial charge < -0.3 is 9.67 Å². The van der Waals surface area contributed by atoms with E-state index in [1.165, 1.54) is 6.07 Å². The van der Waals surface area contributed by atoms with Crippen molar-refractivity contribution in [1.82, 2.24) is 4.57 Å². The molecule has 3 aromatic rings. The van der Waals surface area contributed by atoms with Crippen molar-refractivity contribution in [3.8, 4) is 5.88 Å². The highest BCUT2D eigenvalue weighted by Gasteiger charge is 2.33. The van der Waals surface area contributed by atoms with Gasteiger partial charge in [0.15, 0.2) is 5.69 Å². The molecule has 9 heteroatoms. The molecule has 1 saturated heterocycles. The van der Waals surface area contributed by atoms with E-state index in [2.05, 4.69) is 10.2 Å². The maximum Gasteiger partial charge on any atom is 0.416 e. The van der Waals surface area contributed by atoms with Crippen molar-refractivity contribution in [2.75, 3.05) is 11.5 Å². The zero-order valence-electron chi connectivity index (χ0n) is 14.7. The van der Waals surface area contributed by atoms with E-state index in [1.54, 1.807) is 34.5 Å². The highest BCUT2D eigenvalue weighted by atomic mass is 35.5. The van der Waals surface area contributed by atoms with Crippen LogP contribution in [0.3, 0.4) is 0 Å². The molecule has 1 aromatic heterocycles. The van der Waals surface area contributed by atoms with E-state index in [0.717, 1.165) is 29.2 Å². The Kier molecular flexibility index (Phi) is 4.79. The molecule has 4 nitrogen and oxygen atoms in total. The first kappa shape index (κ1) is 19.1. The van der Waals surface area contributed by atoms with Crippen LogP contribution < -0.4 is 0 Å². The summed E-state index contributed by atoms with van der Waals surface area (Å²) < 4.78 is 41.2. The van der Waals surface area contributed by atoms with Crippen LogP contribution in [0.15, 0.2) is 46.6 Å². The van der Waals surface area contributed by atoms with Gasteiger partial charge in [-0.25, -0.2) is 0 Å². The van der Waals surface area contributed by atoms with Gasteiger partial charge in [0.25, 0.3) is 0 Å². The van der Waals surface area contributed by atoms with Gasteiger partial charge in [-0.05, 0) is 42.8 Å². The summed E-state index contributed by atoms with van der Waals surface area (Å²) in [5.41, 5.74) is 1.03. The van der Waals surface area contributed by atoms with E-state index >= 15 is 0 Å². The van der Waals surface area contributed by atoms with E-state index in [9.17, 15) is 18.3 Å². The highest BCUT2D eigenvalue weighted by Crippen LogP contribution is 2.46. The van der Waals surface area contributed by atoms with E-state index in [1.807, 2.05) is 6.92 Å². The second kappa shape index (κ2) is 7.00. The lowest BCUT2D eigenvalue weighted by atomic mass is 10.1. The molecule has 2 aromatic carbocycles. The van der Waals surface area contributed by atoms with Crippen LogP contribution >= 0.6 is 23.4 Å². The predicted molar refractivity (Wildman–Crippen MR) is 105 cm³/mol. The fourth-order valence-electron chi connectivity index (χ4n) is 3.10. The molecule has 0 atom stereocenters. The van der Waals surface area contributed by atoms with Gasteiger partial charge in [-0.15, -0.1) is 5.11 Å². The first-order chi connectivity index (χ1) is 13.3. The molecular formula is C19H15ClF3N3OS. The molecule has 28 heavy (non-hydrogen) atoms. The lowest BCUT2D eigenvalue weighted by Crippen LogP contribution is -2.22. The lowest BCUT2D eigenvalue weighted by Gasteiger charge is -2.27. The van der Waals surface area contributed by atoms with Gasteiger partial charge >= 0.3 is 6.18 Å². The Labute approximate surface area is 168 Å². The first-order valence-electron chi connectivity index (χ1n) is 8.45. The summed E-state index contributed by atoms with van der Waals surface area (Å²) in [5, 5.41) is 19.7. The molecule has 0 bridgehead atoms. The van der Waals surface area contributed by atoms with Crippen LogP contribution in [0.1, 0.15) is 17.2 Å². The SMILES string of the molecule is Cc1ccc(Cl)cc1N=Nc1c(O)n(C2CSC2)c2ccc(C(F)(F)F)cc12. The molecule has 0 spiro atoms. The van der Waals surface area contributed by atoms with Crippen molar-refractivity contribution in [2.45, 2.75) is 19.1 Å². The van der Waals surface area contributed by atoms with Crippen LogP contribution in [0.2, 0.25) is 5.02 Å². The molecule has 0 amide bonds. The molecule has 0 radical (unpaired) electrons. The van der Waals surface area contributed by atoms with Crippen molar-refractivity contribution in [2.24, 2.45) is 10.2 Å². The van der Waals surface area contributed by atoms with Gasteiger partial charge in [0.2, 0.25) is 5.88 Å². The smallest absolute Gasteiger partial charge is 0.416 e. The minimum atomic E-state index is -4.49. The Morgan fingerprint density at radius 3 is 2.54 bits per heavy atom. The largest absolute Gasteiger partial charge is 0.493 e. The van der Waals surface area contributed by atoms with Gasteiger partial charge in [0.05, 0.1) is 22.8 Å². The number of thioether (sulfide) groups is 1. The van der Waals surface area contributed by atoms with Crippen molar-refractivity contribution >= 4 is 45.6 Å². The Bertz CT molecular complexity index is 1090. The molecule has 0 aliphatic carbocycles. The van der Waals surface area contributed by atoms with Gasteiger partial charge in [-0.3, -0.25) is 0 Å². The molecular weight excluding hydrogens is 411 g/mol. The molecule has 4 rings (SSSR count). The van der Waals surface area contributed by atoms with E-state index in [-0.39, 0.29) is 23.0 Å². The fraction of sp³-hybridized carbons (Fsp3) is 0.263. The Morgan fingerprint density at radius 1 is 1.14 bits per heavy atom. The Morgan fingerprint density at radius 2 is 1.89 bits per heavy atom. The van der Waals surface area contributed by atoms with Crippen LogP contribution in [-0.2, 0) is 6.18 Å². The Hall–Kier alpha value is -2.19. The number of halogens is 4. The van der Waals surface area contributed by atoms with E-state index < -0.39 is 11.7 Å². The first-order valence-corrected chi connectivity index (χ1v) is 9.98. The number of fused-ring (bicyclic) bond motifs is 1. The maximum absolute atomic E-state index is 13.2. The summed E-state index contributed by atoms with van der Waals surface area (Å²) in [5.74, 6) is 1.38. The zero-order chi connectivity index (χ0) is 20.1. The number of azo groups is 1. The molecule has 1 N–H and O–H groups in total. The lowest BCUT2D eigenvalue weighted by molar-refractivity contribution is -0.137. The summed E-state index contributed by atoms with van der Waals surface area (Å²) in [6.45, 7) is 1.82. The number of hydrogen-bond donors (Lipinski definition) is 1. The summed E-state index contributed by atoms with van der Waals surface area (Å²) >= 11 is 7.69. The van der Waals surface area contributed by atoms with Crippen LogP contribution in [0.5, 0.6) is 5.88 Å². The number of aromatic hydroxyl groups is 1. The van der Waals surface area contributed by atoms with Crippen molar-refractivity contribution < 1.29 is 18.3 Å². The predicted octanol–water partition coefficient (Wildman–Crippen LogP) is 7.03. The molecule has 146 valence electrons. The van der Waals surface area contributed by atoms with Crippen molar-refractivity contribution in [3.63, 3.8) is 0 Å². The maximum atomic E-state index is 13.2. The summed E-state index contributed by atoms with van der Waals surface area (Å²) in [7, 11) is 0. The number of hydrogen-bond acceptors (Lipinski definition) is 4. The number of alkyl halides is 3. The second-order valence-electron chi connectivity index (χ2n) is 6.59. The highest BCUT2D eigenvalue weighted by molar-refractivity contribution is 8.00. The number of nitrogens with zero attached hydrogens (tertiary/aromatic N) is 3. The van der Waals surface area contributed by atoms with Crippen LogP contribution in [0, 0.1) is 6.92 Å². The monoisotopic (exact) mass is 425 g/mol. The van der Waals surface area contributed by atoms with Gasteiger partial charge in [-0.1, -0.05) is 17.7 Å². The van der Waals surface area contributed by atoms with E-state index in [0.29, 0.717) is 16.2 Å². The fourth-order valence-corrected chi connectivity index (χ4v) is 4.01. The second-order valence-corrected chi connectivity index (χ2v) is 8.11. The molecule has 0 unspecified atom stereocenters. The van der Waals surface area contributed by atoms with E-state index in [4.69, 9.17) is 11.6 Å². The third kappa shape index (κ3) is 3.35. The average molecular weight is 426 g/mol. The Balaban J connectivity index is 1.89. The third-order valence-corrected chi connectivity index (χ3v) is 6.17. The minimum Gasteiger partial charge on any atom is -0.493 e. The molecule has 1 aliphatic heterocycles. The minimum absolute atomic E-state index is 0.0149. The van der Waals surface area contributed by atoms with Gasteiger partial charge in [-0.2, -0.15) is 30.0 Å². The molecule has 1 fully saturated rings. The zero-order valence-corrected chi connectivity index (χ0v) is 16.2. The summed E-state index contributed by atoms with van der Waals surface area (Å²) in [6, 6.07) is 8.52. The molecule has 1 aliphatic rings. The van der Waals surface area contributed by atoms with Crippen LogP contribution in [0.25, 0.3) is 10.9 Å². The van der Waals surface area contributed by atoms with Crippen molar-refractivity contribution in [1.29, 1.82) is 0 Å². The number of aromatic nitrogens is 1. The van der Waals surface area contributed by atoms with Gasteiger partial charge in [0, 0.05) is 21.9 Å². The summed E-state index contributed by atoms with van der Waals surface area (Å²) in [4.78, 5) is 0.